The van der Waals surface area contributed by atoms with E-state index in [9.17, 15) is 28.3 Å². The number of carboxylic acids is 1. The Morgan fingerprint density at radius 2 is 1.96 bits per heavy atom. The van der Waals surface area contributed by atoms with Crippen molar-refractivity contribution in [1.29, 1.82) is 0 Å². The Bertz CT molecular complexity index is 740. The smallest absolute Gasteiger partial charge is 0.414 e. The lowest BCUT2D eigenvalue weighted by molar-refractivity contribution is -0.140. The maximum Gasteiger partial charge on any atom is 0.414 e. The van der Waals surface area contributed by atoms with Gasteiger partial charge in [0.2, 0.25) is 5.91 Å². The third-order valence-corrected chi connectivity index (χ3v) is 4.43. The highest BCUT2D eigenvalue weighted by molar-refractivity contribution is 5.90. The molecule has 1 atom stereocenters. The van der Waals surface area contributed by atoms with Crippen LogP contribution in [-0.2, 0) is 19.7 Å². The van der Waals surface area contributed by atoms with Gasteiger partial charge in [0.05, 0.1) is 24.2 Å². The zero-order valence-corrected chi connectivity index (χ0v) is 13.3. The number of cyclic esters (lactones) is 1. The summed E-state index contributed by atoms with van der Waals surface area (Å²) in [6, 6.07) is 1.87. The van der Waals surface area contributed by atoms with Gasteiger partial charge in [-0.15, -0.1) is 0 Å². The number of hydrogen-bond acceptors (Lipinski definition) is 4. The molecule has 1 saturated heterocycles. The van der Waals surface area contributed by atoms with Gasteiger partial charge in [0.15, 0.2) is 0 Å². The van der Waals surface area contributed by atoms with Crippen molar-refractivity contribution in [3.8, 4) is 0 Å². The maximum atomic E-state index is 14.4. The van der Waals surface area contributed by atoms with Crippen LogP contribution in [0.4, 0.5) is 19.3 Å². The zero-order valence-electron chi connectivity index (χ0n) is 13.3. The van der Waals surface area contributed by atoms with Crippen molar-refractivity contribution in [2.75, 3.05) is 18.0 Å². The van der Waals surface area contributed by atoms with Gasteiger partial charge in [0.25, 0.3) is 0 Å². The quantitative estimate of drug-likeness (QED) is 0.836. The lowest BCUT2D eigenvalue weighted by Crippen LogP contribution is -2.33. The van der Waals surface area contributed by atoms with Gasteiger partial charge in [-0.05, 0) is 25.0 Å². The monoisotopic (exact) mass is 354 g/mol. The van der Waals surface area contributed by atoms with Gasteiger partial charge >= 0.3 is 12.1 Å². The third-order valence-electron chi connectivity index (χ3n) is 4.43. The number of anilines is 1. The number of amides is 2. The second-order valence-electron chi connectivity index (χ2n) is 6.23. The fraction of sp³-hybridized carbons (Fsp3) is 0.438. The molecule has 1 aliphatic carbocycles. The van der Waals surface area contributed by atoms with Gasteiger partial charge < -0.3 is 15.2 Å². The number of nitrogens with one attached hydrogen (secondary N) is 1. The number of carbonyl (C=O) groups excluding carboxylic acids is 2. The lowest BCUT2D eigenvalue weighted by atomic mass is 9.94. The fourth-order valence-electron chi connectivity index (χ4n) is 2.96. The van der Waals surface area contributed by atoms with Crippen molar-refractivity contribution in [1.82, 2.24) is 5.32 Å². The molecule has 2 amide bonds. The molecule has 0 radical (unpaired) electrons. The van der Waals surface area contributed by atoms with Crippen molar-refractivity contribution >= 4 is 23.7 Å². The predicted octanol–water partition coefficient (Wildman–Crippen LogP) is 1.54. The Morgan fingerprint density at radius 1 is 1.36 bits per heavy atom. The van der Waals surface area contributed by atoms with E-state index in [2.05, 4.69) is 5.32 Å². The highest BCUT2D eigenvalue weighted by Gasteiger charge is 2.55. The first kappa shape index (κ1) is 17.1. The van der Waals surface area contributed by atoms with Crippen LogP contribution in [-0.4, -0.2) is 42.3 Å². The topological polar surface area (TPSA) is 95.9 Å². The van der Waals surface area contributed by atoms with Gasteiger partial charge in [-0.25, -0.2) is 13.6 Å². The minimum absolute atomic E-state index is 0.0153. The van der Waals surface area contributed by atoms with Gasteiger partial charge in [-0.2, -0.15) is 0 Å². The summed E-state index contributed by atoms with van der Waals surface area (Å²) in [7, 11) is 0. The average molecular weight is 354 g/mol. The van der Waals surface area contributed by atoms with Gasteiger partial charge in [-0.1, -0.05) is 0 Å². The van der Waals surface area contributed by atoms with Crippen LogP contribution >= 0.6 is 0 Å². The number of nitrogens with zero attached hydrogens (tertiary/aromatic N) is 1. The number of rotatable bonds is 5. The van der Waals surface area contributed by atoms with Gasteiger partial charge in [0, 0.05) is 12.5 Å². The van der Waals surface area contributed by atoms with E-state index in [0.717, 1.165) is 17.0 Å². The summed E-state index contributed by atoms with van der Waals surface area (Å²) >= 11 is 0. The summed E-state index contributed by atoms with van der Waals surface area (Å²) in [5.41, 5.74) is -2.06. The number of aliphatic carboxylic acids is 1. The average Bonchev–Trinajstić information content (AvgIpc) is 3.22. The van der Waals surface area contributed by atoms with Crippen molar-refractivity contribution in [3.05, 3.63) is 29.3 Å². The van der Waals surface area contributed by atoms with E-state index in [-0.39, 0.29) is 37.5 Å². The summed E-state index contributed by atoms with van der Waals surface area (Å²) in [5, 5.41) is 11.7. The number of carbonyl (C=O) groups is 3. The molecule has 1 aliphatic heterocycles. The highest BCUT2D eigenvalue weighted by Crippen LogP contribution is 2.50. The second-order valence-corrected chi connectivity index (χ2v) is 6.23. The Labute approximate surface area is 141 Å². The maximum absolute atomic E-state index is 14.4. The Morgan fingerprint density at radius 3 is 2.44 bits per heavy atom. The molecule has 2 N–H and O–H groups in total. The van der Waals surface area contributed by atoms with E-state index in [0.29, 0.717) is 0 Å². The molecule has 1 saturated carbocycles. The molecule has 2 fully saturated rings. The predicted molar refractivity (Wildman–Crippen MR) is 81.2 cm³/mol. The van der Waals surface area contributed by atoms with E-state index in [1.807, 2.05) is 0 Å². The van der Waals surface area contributed by atoms with Crippen LogP contribution in [0.5, 0.6) is 0 Å². The van der Waals surface area contributed by atoms with E-state index < -0.39 is 40.8 Å². The molecule has 0 aromatic heterocycles. The fourth-order valence-corrected chi connectivity index (χ4v) is 2.96. The van der Waals surface area contributed by atoms with Gasteiger partial charge in [-0.3, -0.25) is 14.5 Å². The largest absolute Gasteiger partial charge is 0.481 e. The van der Waals surface area contributed by atoms with Crippen molar-refractivity contribution in [2.24, 2.45) is 0 Å². The molecular formula is C16H16F2N2O5. The van der Waals surface area contributed by atoms with E-state index in [1.54, 1.807) is 0 Å². The summed E-state index contributed by atoms with van der Waals surface area (Å²) in [6.45, 7) is 1.42. The minimum Gasteiger partial charge on any atom is -0.481 e. The Balaban J connectivity index is 1.83. The molecule has 1 aromatic carbocycles. The number of carboxylic acid groups (broad SMARTS) is 1. The third kappa shape index (κ3) is 3.01. The van der Waals surface area contributed by atoms with Crippen molar-refractivity contribution < 1.29 is 33.0 Å². The number of hydrogen-bond donors (Lipinski definition) is 2. The van der Waals surface area contributed by atoms with E-state index in [1.165, 1.54) is 6.92 Å². The zero-order chi connectivity index (χ0) is 18.4. The standard InChI is InChI=1S/C16H16F2N2O5/c1-8(21)19-6-10-7-20(15(24)25-10)9-4-11(17)13(12(18)5-9)16(2-3-16)14(22)23/h4-5,10H,2-3,6-7H2,1H3,(H,19,21)(H,22,23). The van der Waals surface area contributed by atoms with Crippen LogP contribution in [0, 0.1) is 11.6 Å². The number of halogens is 2. The van der Waals surface area contributed by atoms with Crippen LogP contribution in [0.15, 0.2) is 12.1 Å². The molecule has 0 spiro atoms. The molecule has 1 heterocycles. The molecule has 134 valence electrons. The lowest BCUT2D eigenvalue weighted by Gasteiger charge is -2.17. The van der Waals surface area contributed by atoms with Gasteiger partial charge in [0.1, 0.15) is 17.7 Å². The molecule has 1 aromatic rings. The normalized spacial score (nSPS) is 21.0. The van der Waals surface area contributed by atoms with Crippen molar-refractivity contribution in [2.45, 2.75) is 31.3 Å². The molecular weight excluding hydrogens is 338 g/mol. The molecule has 7 nitrogen and oxygen atoms in total. The number of benzene rings is 1. The summed E-state index contributed by atoms with van der Waals surface area (Å²) in [6.07, 6.45) is -1.10. The van der Waals surface area contributed by atoms with Crippen LogP contribution in [0.2, 0.25) is 0 Å². The first-order valence-corrected chi connectivity index (χ1v) is 7.70. The molecule has 3 rings (SSSR count). The van der Waals surface area contributed by atoms with Crippen LogP contribution in [0.1, 0.15) is 25.3 Å². The molecule has 9 heteroatoms. The van der Waals surface area contributed by atoms with E-state index in [4.69, 9.17) is 4.74 Å². The second kappa shape index (κ2) is 5.98. The Hall–Kier alpha value is -2.71. The summed E-state index contributed by atoms with van der Waals surface area (Å²) in [4.78, 5) is 35.2. The number of ether oxygens (including phenoxy) is 1. The molecule has 25 heavy (non-hydrogen) atoms. The summed E-state index contributed by atoms with van der Waals surface area (Å²) < 4.78 is 33.8. The first-order chi connectivity index (χ1) is 11.7. The van der Waals surface area contributed by atoms with Crippen molar-refractivity contribution in [3.63, 3.8) is 0 Å². The molecule has 1 unspecified atom stereocenters. The molecule has 2 aliphatic rings. The van der Waals surface area contributed by atoms with Crippen LogP contribution < -0.4 is 10.2 Å². The molecule has 0 bridgehead atoms. The highest BCUT2D eigenvalue weighted by atomic mass is 19.1. The minimum atomic E-state index is -1.52. The first-order valence-electron chi connectivity index (χ1n) is 7.70. The van der Waals surface area contributed by atoms with Crippen LogP contribution in [0.3, 0.4) is 0 Å². The SMILES string of the molecule is CC(=O)NCC1CN(c2cc(F)c(C3(C(=O)O)CC3)c(F)c2)C(=O)O1. The summed E-state index contributed by atoms with van der Waals surface area (Å²) in [5.74, 6) is -3.57. The Kier molecular flexibility index (Phi) is 4.09. The van der Waals surface area contributed by atoms with Crippen LogP contribution in [0.25, 0.3) is 0 Å². The van der Waals surface area contributed by atoms with E-state index >= 15 is 0 Å².